The highest BCUT2D eigenvalue weighted by molar-refractivity contribution is 6.04. The third-order valence-corrected chi connectivity index (χ3v) is 2.62. The van der Waals surface area contributed by atoms with E-state index in [1.165, 1.54) is 0 Å². The molecule has 0 saturated carbocycles. The van der Waals surface area contributed by atoms with Gasteiger partial charge in [0.1, 0.15) is 11.2 Å². The Bertz CT molecular complexity index is 759. The molecule has 3 rings (SSSR count). The summed E-state index contributed by atoms with van der Waals surface area (Å²) in [4.78, 5) is 16.1. The fourth-order valence-corrected chi connectivity index (χ4v) is 1.75. The number of oxazole rings is 1. The van der Waals surface area contributed by atoms with Crippen LogP contribution in [-0.2, 0) is 0 Å². The van der Waals surface area contributed by atoms with Crippen LogP contribution in [0.4, 0.5) is 5.69 Å². The predicted molar refractivity (Wildman–Crippen MR) is 65.7 cm³/mol. The molecule has 1 aromatic carbocycles. The average molecular weight is 258 g/mol. The van der Waals surface area contributed by atoms with Crippen molar-refractivity contribution in [3.8, 4) is 0 Å². The zero-order chi connectivity index (χ0) is 13.4. The Kier molecular flexibility index (Phi) is 2.52. The number of anilines is 1. The molecule has 2 aromatic heterocycles. The summed E-state index contributed by atoms with van der Waals surface area (Å²) in [5.41, 5.74) is 2.57. The molecule has 0 radical (unpaired) electrons. The van der Waals surface area contributed by atoms with Gasteiger partial charge in [0.2, 0.25) is 0 Å². The number of carbonyl (C=O) groups excluding carboxylic acids is 1. The van der Waals surface area contributed by atoms with E-state index in [1.54, 1.807) is 32.0 Å². The fourth-order valence-electron chi connectivity index (χ4n) is 1.75. The summed E-state index contributed by atoms with van der Waals surface area (Å²) >= 11 is 0. The minimum atomic E-state index is -0.377. The van der Waals surface area contributed by atoms with Crippen LogP contribution in [0.5, 0.6) is 0 Å². The first-order valence-electron chi connectivity index (χ1n) is 5.61. The van der Waals surface area contributed by atoms with Gasteiger partial charge in [-0.25, -0.2) is 9.61 Å². The number of rotatable bonds is 2. The van der Waals surface area contributed by atoms with Crippen molar-refractivity contribution in [2.24, 2.45) is 0 Å². The van der Waals surface area contributed by atoms with Crippen LogP contribution >= 0.6 is 0 Å². The first-order valence-corrected chi connectivity index (χ1v) is 5.61. The van der Waals surface area contributed by atoms with Crippen molar-refractivity contribution in [3.63, 3.8) is 0 Å². The van der Waals surface area contributed by atoms with Crippen molar-refractivity contribution < 1.29 is 13.8 Å². The van der Waals surface area contributed by atoms with Crippen molar-refractivity contribution in [1.82, 2.24) is 15.3 Å². The quantitative estimate of drug-likeness (QED) is 0.756. The maximum absolute atomic E-state index is 11.9. The first kappa shape index (κ1) is 11.4. The average Bonchev–Trinajstić information content (AvgIpc) is 2.93. The minimum absolute atomic E-state index is 0.163. The highest BCUT2D eigenvalue weighted by atomic mass is 16.6. The molecule has 19 heavy (non-hydrogen) atoms. The Balaban J connectivity index is 1.89. The lowest BCUT2D eigenvalue weighted by molar-refractivity contribution is 0.101. The van der Waals surface area contributed by atoms with E-state index >= 15 is 0 Å². The fraction of sp³-hybridized carbons (Fsp3) is 0.167. The van der Waals surface area contributed by atoms with Gasteiger partial charge in [0.25, 0.3) is 5.91 Å². The van der Waals surface area contributed by atoms with E-state index < -0.39 is 0 Å². The van der Waals surface area contributed by atoms with Crippen molar-refractivity contribution >= 4 is 22.7 Å². The molecule has 0 aliphatic rings. The second-order valence-corrected chi connectivity index (χ2v) is 4.07. The van der Waals surface area contributed by atoms with E-state index in [-0.39, 0.29) is 11.6 Å². The molecule has 0 bridgehead atoms. The molecular weight excluding hydrogens is 248 g/mol. The Morgan fingerprint density at radius 1 is 1.26 bits per heavy atom. The lowest BCUT2D eigenvalue weighted by atomic mass is 10.2. The van der Waals surface area contributed by atoms with Crippen molar-refractivity contribution in [3.05, 3.63) is 35.5 Å². The molecule has 96 valence electrons. The Morgan fingerprint density at radius 3 is 2.84 bits per heavy atom. The van der Waals surface area contributed by atoms with E-state index in [0.717, 1.165) is 0 Å². The maximum atomic E-state index is 11.9. The summed E-state index contributed by atoms with van der Waals surface area (Å²) in [6.45, 7) is 3.41. The van der Waals surface area contributed by atoms with Crippen LogP contribution in [0.3, 0.4) is 0 Å². The maximum Gasteiger partial charge on any atom is 0.279 e. The van der Waals surface area contributed by atoms with Crippen LogP contribution in [0.15, 0.2) is 27.2 Å². The van der Waals surface area contributed by atoms with E-state index in [0.29, 0.717) is 28.4 Å². The first-order chi connectivity index (χ1) is 9.13. The van der Waals surface area contributed by atoms with Crippen LogP contribution in [0.2, 0.25) is 0 Å². The van der Waals surface area contributed by atoms with Gasteiger partial charge in [0, 0.05) is 12.6 Å². The molecule has 0 aliphatic heterocycles. The molecule has 1 N–H and O–H groups in total. The lowest BCUT2D eigenvalue weighted by Gasteiger charge is -2.02. The number of carbonyl (C=O) groups is 1. The van der Waals surface area contributed by atoms with Gasteiger partial charge in [-0.1, -0.05) is 5.16 Å². The van der Waals surface area contributed by atoms with Crippen LogP contribution in [0.1, 0.15) is 22.1 Å². The molecule has 3 aromatic rings. The summed E-state index contributed by atoms with van der Waals surface area (Å²) in [7, 11) is 0. The van der Waals surface area contributed by atoms with Crippen molar-refractivity contribution in [2.75, 3.05) is 5.32 Å². The topological polar surface area (TPSA) is 94.1 Å². The number of hydrogen-bond donors (Lipinski definition) is 1. The van der Waals surface area contributed by atoms with Gasteiger partial charge in [0.05, 0.1) is 0 Å². The smallest absolute Gasteiger partial charge is 0.279 e. The Morgan fingerprint density at radius 2 is 2.11 bits per heavy atom. The van der Waals surface area contributed by atoms with Crippen molar-refractivity contribution in [1.29, 1.82) is 0 Å². The molecule has 1 amide bonds. The summed E-state index contributed by atoms with van der Waals surface area (Å²) < 4.78 is 9.85. The zero-order valence-electron chi connectivity index (χ0n) is 10.3. The molecule has 0 spiro atoms. The molecule has 2 heterocycles. The number of aryl methyl sites for hydroxylation is 2. The molecular formula is C12H10N4O3. The van der Waals surface area contributed by atoms with Gasteiger partial charge in [-0.05, 0) is 30.3 Å². The van der Waals surface area contributed by atoms with E-state index in [1.807, 2.05) is 0 Å². The minimum Gasteiger partial charge on any atom is -0.441 e. The highest BCUT2D eigenvalue weighted by Crippen LogP contribution is 2.20. The van der Waals surface area contributed by atoms with Crippen LogP contribution in [-0.4, -0.2) is 21.2 Å². The Hall–Kier alpha value is -2.70. The number of aromatic nitrogens is 3. The summed E-state index contributed by atoms with van der Waals surface area (Å²) in [5.74, 6) is 0.202. The second kappa shape index (κ2) is 4.20. The summed E-state index contributed by atoms with van der Waals surface area (Å²) in [6.07, 6.45) is 0. The van der Waals surface area contributed by atoms with Crippen LogP contribution in [0, 0.1) is 13.8 Å². The number of amides is 1. The molecule has 0 saturated heterocycles. The van der Waals surface area contributed by atoms with Gasteiger partial charge >= 0.3 is 0 Å². The lowest BCUT2D eigenvalue weighted by Crippen LogP contribution is -2.13. The predicted octanol–water partition coefficient (Wildman–Crippen LogP) is 2.08. The molecule has 0 atom stereocenters. The number of fused-ring (bicyclic) bond motifs is 1. The molecule has 0 unspecified atom stereocenters. The molecule has 7 nitrogen and oxygen atoms in total. The number of hydrogen-bond acceptors (Lipinski definition) is 6. The summed E-state index contributed by atoms with van der Waals surface area (Å²) in [5, 5.41) is 9.81. The van der Waals surface area contributed by atoms with Crippen molar-refractivity contribution in [2.45, 2.75) is 13.8 Å². The van der Waals surface area contributed by atoms with Gasteiger partial charge in [-0.3, -0.25) is 4.79 Å². The number of benzene rings is 1. The zero-order valence-corrected chi connectivity index (χ0v) is 10.3. The SMILES string of the molecule is Cc1nc2cc(NC(=O)c3nonc3C)ccc2o1. The van der Waals surface area contributed by atoms with Gasteiger partial charge < -0.3 is 9.73 Å². The molecule has 7 heteroatoms. The van der Waals surface area contributed by atoms with E-state index in [4.69, 9.17) is 4.42 Å². The largest absolute Gasteiger partial charge is 0.441 e. The highest BCUT2D eigenvalue weighted by Gasteiger charge is 2.15. The molecule has 0 aliphatic carbocycles. The third-order valence-electron chi connectivity index (χ3n) is 2.62. The third kappa shape index (κ3) is 2.05. The van der Waals surface area contributed by atoms with E-state index in [2.05, 4.69) is 25.2 Å². The van der Waals surface area contributed by atoms with Gasteiger partial charge in [0.15, 0.2) is 17.2 Å². The normalized spacial score (nSPS) is 10.8. The second-order valence-electron chi connectivity index (χ2n) is 4.07. The monoisotopic (exact) mass is 258 g/mol. The van der Waals surface area contributed by atoms with Crippen LogP contribution in [0.25, 0.3) is 11.1 Å². The molecule has 0 fully saturated rings. The standard InChI is InChI=1S/C12H10N4O3/c1-6-11(16-19-15-6)12(17)14-8-3-4-10-9(5-8)13-7(2)18-10/h3-5H,1-2H3,(H,14,17). The van der Waals surface area contributed by atoms with Crippen LogP contribution < -0.4 is 5.32 Å². The number of nitrogens with one attached hydrogen (secondary N) is 1. The van der Waals surface area contributed by atoms with Gasteiger partial charge in [-0.15, -0.1) is 0 Å². The Labute approximate surface area is 107 Å². The van der Waals surface area contributed by atoms with E-state index in [9.17, 15) is 4.79 Å². The number of nitrogens with zero attached hydrogens (tertiary/aromatic N) is 3. The van der Waals surface area contributed by atoms with Gasteiger partial charge in [-0.2, -0.15) is 0 Å². The summed E-state index contributed by atoms with van der Waals surface area (Å²) in [6, 6.07) is 5.21.